The number of hydrogen-bond donors (Lipinski definition) is 0. The summed E-state index contributed by atoms with van der Waals surface area (Å²) < 4.78 is 26.1. The first-order valence-electron chi connectivity index (χ1n) is 9.66. The minimum atomic E-state index is -3.45. The van der Waals surface area contributed by atoms with Gasteiger partial charge in [-0.05, 0) is 55.5 Å². The molecule has 1 fully saturated rings. The molecule has 1 heterocycles. The quantitative estimate of drug-likeness (QED) is 0.766. The van der Waals surface area contributed by atoms with E-state index in [1.165, 1.54) is 10.6 Å². The minimum Gasteiger partial charge on any atom is -0.339 e. The SMILES string of the molecule is Cc1ccc(CN(c2ccc(C(=O)N3CCC(C)CC3)cc2)S(C)(=O)=O)cc1. The topological polar surface area (TPSA) is 57.7 Å². The van der Waals surface area contributed by atoms with E-state index in [4.69, 9.17) is 0 Å². The third-order valence-electron chi connectivity index (χ3n) is 5.32. The standard InChI is InChI=1S/C22H28N2O3S/c1-17-4-6-19(7-5-17)16-24(28(3,26)27)21-10-8-20(9-11-21)22(25)23-14-12-18(2)13-15-23/h4-11,18H,12-16H2,1-3H3. The summed E-state index contributed by atoms with van der Waals surface area (Å²) in [6.07, 6.45) is 3.26. The van der Waals surface area contributed by atoms with Crippen molar-refractivity contribution >= 4 is 21.6 Å². The van der Waals surface area contributed by atoms with Crippen LogP contribution < -0.4 is 4.31 Å². The summed E-state index contributed by atoms with van der Waals surface area (Å²) in [5.41, 5.74) is 3.21. The van der Waals surface area contributed by atoms with E-state index < -0.39 is 10.0 Å². The highest BCUT2D eigenvalue weighted by molar-refractivity contribution is 7.92. The summed E-state index contributed by atoms with van der Waals surface area (Å²) >= 11 is 0. The molecule has 0 unspecified atom stereocenters. The Labute approximate surface area is 168 Å². The molecule has 2 aromatic rings. The Kier molecular flexibility index (Phi) is 6.08. The molecule has 0 bridgehead atoms. The maximum Gasteiger partial charge on any atom is 0.253 e. The van der Waals surface area contributed by atoms with Crippen LogP contribution in [-0.2, 0) is 16.6 Å². The van der Waals surface area contributed by atoms with E-state index in [0.29, 0.717) is 17.2 Å². The van der Waals surface area contributed by atoms with Gasteiger partial charge in [-0.3, -0.25) is 9.10 Å². The Morgan fingerprint density at radius 2 is 1.61 bits per heavy atom. The lowest BCUT2D eigenvalue weighted by atomic mass is 9.98. The van der Waals surface area contributed by atoms with Crippen LogP contribution in [-0.4, -0.2) is 38.6 Å². The fourth-order valence-corrected chi connectivity index (χ4v) is 4.31. The lowest BCUT2D eigenvalue weighted by Crippen LogP contribution is -2.37. The summed E-state index contributed by atoms with van der Waals surface area (Å²) in [7, 11) is -3.45. The highest BCUT2D eigenvalue weighted by atomic mass is 32.2. The molecular formula is C22H28N2O3S. The third kappa shape index (κ3) is 4.93. The van der Waals surface area contributed by atoms with Crippen LogP contribution in [0.25, 0.3) is 0 Å². The largest absolute Gasteiger partial charge is 0.339 e. The second kappa shape index (κ2) is 8.35. The number of hydrogen-bond acceptors (Lipinski definition) is 3. The van der Waals surface area contributed by atoms with E-state index in [1.807, 2.05) is 36.1 Å². The van der Waals surface area contributed by atoms with Crippen molar-refractivity contribution in [2.24, 2.45) is 5.92 Å². The average molecular weight is 401 g/mol. The first-order chi connectivity index (χ1) is 13.2. The molecule has 2 aromatic carbocycles. The van der Waals surface area contributed by atoms with E-state index in [1.54, 1.807) is 24.3 Å². The minimum absolute atomic E-state index is 0.0166. The van der Waals surface area contributed by atoms with Crippen molar-refractivity contribution < 1.29 is 13.2 Å². The number of nitrogens with zero attached hydrogens (tertiary/aromatic N) is 2. The Balaban J connectivity index is 1.78. The first kappa shape index (κ1) is 20.4. The van der Waals surface area contributed by atoms with Gasteiger partial charge in [-0.1, -0.05) is 36.8 Å². The second-order valence-electron chi connectivity index (χ2n) is 7.78. The molecule has 3 rings (SSSR count). The van der Waals surface area contributed by atoms with Crippen LogP contribution in [0.3, 0.4) is 0 Å². The fraction of sp³-hybridized carbons (Fsp3) is 0.409. The number of sulfonamides is 1. The van der Waals surface area contributed by atoms with Gasteiger partial charge in [0.25, 0.3) is 5.91 Å². The van der Waals surface area contributed by atoms with Crippen LogP contribution in [0.2, 0.25) is 0 Å². The van der Waals surface area contributed by atoms with Crippen LogP contribution in [0.1, 0.15) is 41.3 Å². The van der Waals surface area contributed by atoms with Crippen molar-refractivity contribution in [1.29, 1.82) is 0 Å². The normalized spacial score (nSPS) is 15.5. The molecule has 28 heavy (non-hydrogen) atoms. The number of amides is 1. The fourth-order valence-electron chi connectivity index (χ4n) is 3.42. The lowest BCUT2D eigenvalue weighted by Gasteiger charge is -2.30. The first-order valence-corrected chi connectivity index (χ1v) is 11.5. The Bertz CT molecular complexity index is 913. The number of carbonyl (C=O) groups excluding carboxylic acids is 1. The number of carbonyl (C=O) groups is 1. The Morgan fingerprint density at radius 3 is 2.14 bits per heavy atom. The number of likely N-dealkylation sites (tertiary alicyclic amines) is 1. The van der Waals surface area contributed by atoms with Gasteiger partial charge < -0.3 is 4.90 Å². The highest BCUT2D eigenvalue weighted by Crippen LogP contribution is 2.23. The zero-order valence-electron chi connectivity index (χ0n) is 16.8. The molecule has 1 aliphatic rings. The predicted molar refractivity (Wildman–Crippen MR) is 113 cm³/mol. The maximum atomic E-state index is 12.7. The van der Waals surface area contributed by atoms with Crippen molar-refractivity contribution in [3.8, 4) is 0 Å². The second-order valence-corrected chi connectivity index (χ2v) is 9.68. The molecule has 0 aromatic heterocycles. The molecule has 5 nitrogen and oxygen atoms in total. The summed E-state index contributed by atoms with van der Waals surface area (Å²) in [6, 6.07) is 14.7. The zero-order chi connectivity index (χ0) is 20.3. The van der Waals surface area contributed by atoms with Gasteiger partial charge in [0.15, 0.2) is 0 Å². The monoisotopic (exact) mass is 400 g/mol. The maximum absolute atomic E-state index is 12.7. The molecule has 1 saturated heterocycles. The van der Waals surface area contributed by atoms with E-state index in [0.717, 1.165) is 37.1 Å². The summed E-state index contributed by atoms with van der Waals surface area (Å²) in [5.74, 6) is 0.680. The summed E-state index contributed by atoms with van der Waals surface area (Å²) in [6.45, 7) is 6.03. The van der Waals surface area contributed by atoms with Gasteiger partial charge in [-0.2, -0.15) is 0 Å². The van der Waals surface area contributed by atoms with Gasteiger partial charge in [0.1, 0.15) is 0 Å². The van der Waals surface area contributed by atoms with Crippen LogP contribution in [0, 0.1) is 12.8 Å². The number of anilines is 1. The molecule has 0 saturated carbocycles. The molecule has 0 atom stereocenters. The van der Waals surface area contributed by atoms with Crippen LogP contribution >= 0.6 is 0 Å². The van der Waals surface area contributed by atoms with Gasteiger partial charge in [0, 0.05) is 18.7 Å². The van der Waals surface area contributed by atoms with Gasteiger partial charge in [-0.25, -0.2) is 8.42 Å². The van der Waals surface area contributed by atoms with E-state index >= 15 is 0 Å². The number of rotatable bonds is 5. The van der Waals surface area contributed by atoms with Crippen molar-refractivity contribution in [3.05, 3.63) is 65.2 Å². The molecule has 0 radical (unpaired) electrons. The van der Waals surface area contributed by atoms with Crippen LogP contribution in [0.5, 0.6) is 0 Å². The lowest BCUT2D eigenvalue weighted by molar-refractivity contribution is 0.0697. The van der Waals surface area contributed by atoms with Gasteiger partial charge >= 0.3 is 0 Å². The highest BCUT2D eigenvalue weighted by Gasteiger charge is 2.22. The number of piperidine rings is 1. The van der Waals surface area contributed by atoms with Crippen molar-refractivity contribution in [3.63, 3.8) is 0 Å². The summed E-state index contributed by atoms with van der Waals surface area (Å²) in [4.78, 5) is 14.6. The Morgan fingerprint density at radius 1 is 1.04 bits per heavy atom. The predicted octanol–water partition coefficient (Wildman–Crippen LogP) is 3.83. The Hall–Kier alpha value is -2.34. The van der Waals surface area contributed by atoms with Crippen LogP contribution in [0.15, 0.2) is 48.5 Å². The van der Waals surface area contributed by atoms with Crippen molar-refractivity contribution in [2.75, 3.05) is 23.7 Å². The van der Waals surface area contributed by atoms with Gasteiger partial charge in [-0.15, -0.1) is 0 Å². The molecule has 150 valence electrons. The third-order valence-corrected chi connectivity index (χ3v) is 6.46. The molecule has 1 aliphatic heterocycles. The molecule has 0 aliphatic carbocycles. The van der Waals surface area contributed by atoms with E-state index in [2.05, 4.69) is 6.92 Å². The number of benzene rings is 2. The summed E-state index contributed by atoms with van der Waals surface area (Å²) in [5, 5.41) is 0. The van der Waals surface area contributed by atoms with E-state index in [9.17, 15) is 13.2 Å². The van der Waals surface area contributed by atoms with Crippen molar-refractivity contribution in [1.82, 2.24) is 4.90 Å². The smallest absolute Gasteiger partial charge is 0.253 e. The molecule has 0 spiro atoms. The number of aryl methyl sites for hydroxylation is 1. The average Bonchev–Trinajstić information content (AvgIpc) is 2.67. The van der Waals surface area contributed by atoms with Gasteiger partial charge in [0.05, 0.1) is 18.5 Å². The van der Waals surface area contributed by atoms with Gasteiger partial charge in [0.2, 0.25) is 10.0 Å². The van der Waals surface area contributed by atoms with Crippen LogP contribution in [0.4, 0.5) is 5.69 Å². The van der Waals surface area contributed by atoms with E-state index in [-0.39, 0.29) is 12.5 Å². The van der Waals surface area contributed by atoms with Crippen molar-refractivity contribution in [2.45, 2.75) is 33.2 Å². The molecule has 6 heteroatoms. The molecule has 0 N–H and O–H groups in total. The molecular weight excluding hydrogens is 372 g/mol. The molecule has 1 amide bonds. The zero-order valence-corrected chi connectivity index (χ0v) is 17.6.